The number of nitrogens with one attached hydrogen (secondary N) is 1. The summed E-state index contributed by atoms with van der Waals surface area (Å²) >= 11 is 0. The SMILES string of the molecule is Cc1cccc(C2(CCOc3ccccc3)CNC2)c1. The highest BCUT2D eigenvalue weighted by Crippen LogP contribution is 2.32. The minimum absolute atomic E-state index is 0.251. The molecule has 0 atom stereocenters. The van der Waals surface area contributed by atoms with E-state index < -0.39 is 0 Å². The summed E-state index contributed by atoms with van der Waals surface area (Å²) < 4.78 is 5.86. The van der Waals surface area contributed by atoms with Crippen LogP contribution in [0.25, 0.3) is 0 Å². The minimum atomic E-state index is 0.251. The average molecular weight is 267 g/mol. The maximum Gasteiger partial charge on any atom is 0.119 e. The van der Waals surface area contributed by atoms with Gasteiger partial charge in [-0.2, -0.15) is 0 Å². The van der Waals surface area contributed by atoms with Crippen LogP contribution < -0.4 is 10.1 Å². The molecule has 1 heterocycles. The predicted octanol–water partition coefficient (Wildman–Crippen LogP) is 3.31. The lowest BCUT2D eigenvalue weighted by atomic mass is 9.72. The molecule has 1 aliphatic rings. The monoisotopic (exact) mass is 267 g/mol. The molecule has 0 radical (unpaired) electrons. The molecule has 20 heavy (non-hydrogen) atoms. The van der Waals surface area contributed by atoms with Gasteiger partial charge in [-0.05, 0) is 31.0 Å². The number of ether oxygens (including phenoxy) is 1. The van der Waals surface area contributed by atoms with Crippen LogP contribution in [-0.2, 0) is 5.41 Å². The Morgan fingerprint density at radius 3 is 2.50 bits per heavy atom. The van der Waals surface area contributed by atoms with Gasteiger partial charge >= 0.3 is 0 Å². The van der Waals surface area contributed by atoms with Crippen molar-refractivity contribution >= 4 is 0 Å². The Kier molecular flexibility index (Phi) is 3.75. The zero-order chi connectivity index (χ0) is 13.8. The topological polar surface area (TPSA) is 21.3 Å². The zero-order valence-corrected chi connectivity index (χ0v) is 11.9. The van der Waals surface area contributed by atoms with E-state index in [0.29, 0.717) is 0 Å². The molecule has 0 bridgehead atoms. The maximum absolute atomic E-state index is 5.86. The highest BCUT2D eigenvalue weighted by atomic mass is 16.5. The Morgan fingerprint density at radius 2 is 1.85 bits per heavy atom. The molecular weight excluding hydrogens is 246 g/mol. The van der Waals surface area contributed by atoms with E-state index in [4.69, 9.17) is 4.74 Å². The first-order chi connectivity index (χ1) is 9.78. The highest BCUT2D eigenvalue weighted by molar-refractivity contribution is 5.33. The van der Waals surface area contributed by atoms with Crippen molar-refractivity contribution in [2.45, 2.75) is 18.8 Å². The molecule has 104 valence electrons. The molecule has 3 rings (SSSR count). The molecule has 0 unspecified atom stereocenters. The standard InChI is InChI=1S/C18H21NO/c1-15-6-5-7-16(12-15)18(13-19-14-18)10-11-20-17-8-3-2-4-9-17/h2-9,12,19H,10-11,13-14H2,1H3. The predicted molar refractivity (Wildman–Crippen MR) is 82.3 cm³/mol. The van der Waals surface area contributed by atoms with Crippen molar-refractivity contribution in [1.29, 1.82) is 0 Å². The molecule has 2 nitrogen and oxygen atoms in total. The van der Waals surface area contributed by atoms with Crippen LogP contribution in [0, 0.1) is 6.92 Å². The third kappa shape index (κ3) is 2.70. The van der Waals surface area contributed by atoms with Crippen molar-refractivity contribution < 1.29 is 4.74 Å². The first-order valence-electron chi connectivity index (χ1n) is 7.24. The van der Waals surface area contributed by atoms with Gasteiger partial charge in [0.1, 0.15) is 5.75 Å². The molecule has 0 aliphatic carbocycles. The molecular formula is C18H21NO. The molecule has 2 aromatic carbocycles. The lowest BCUT2D eigenvalue weighted by Gasteiger charge is -2.43. The number of benzene rings is 2. The Bertz CT molecular complexity index is 561. The smallest absolute Gasteiger partial charge is 0.119 e. The van der Waals surface area contributed by atoms with Crippen LogP contribution in [0.5, 0.6) is 5.75 Å². The maximum atomic E-state index is 5.86. The van der Waals surface area contributed by atoms with E-state index >= 15 is 0 Å². The largest absolute Gasteiger partial charge is 0.494 e. The highest BCUT2D eigenvalue weighted by Gasteiger charge is 2.38. The van der Waals surface area contributed by atoms with E-state index in [9.17, 15) is 0 Å². The third-order valence-corrected chi connectivity index (χ3v) is 4.15. The van der Waals surface area contributed by atoms with Gasteiger partial charge in [0, 0.05) is 18.5 Å². The van der Waals surface area contributed by atoms with E-state index in [0.717, 1.165) is 31.9 Å². The quantitative estimate of drug-likeness (QED) is 0.897. The van der Waals surface area contributed by atoms with E-state index in [1.807, 2.05) is 30.3 Å². The normalized spacial score (nSPS) is 16.4. The van der Waals surface area contributed by atoms with Gasteiger partial charge in [-0.1, -0.05) is 48.0 Å². The summed E-state index contributed by atoms with van der Waals surface area (Å²) in [5.74, 6) is 0.958. The second kappa shape index (κ2) is 5.68. The fourth-order valence-electron chi connectivity index (χ4n) is 2.81. The number of aryl methyl sites for hydroxylation is 1. The van der Waals surface area contributed by atoms with E-state index in [-0.39, 0.29) is 5.41 Å². The van der Waals surface area contributed by atoms with Crippen LogP contribution in [0.4, 0.5) is 0 Å². The summed E-state index contributed by atoms with van der Waals surface area (Å²) in [7, 11) is 0. The van der Waals surface area contributed by atoms with E-state index in [2.05, 4.69) is 36.5 Å². The van der Waals surface area contributed by atoms with Gasteiger partial charge in [-0.3, -0.25) is 0 Å². The van der Waals surface area contributed by atoms with Gasteiger partial charge in [0.2, 0.25) is 0 Å². The molecule has 2 heteroatoms. The number of hydrogen-bond acceptors (Lipinski definition) is 2. The molecule has 1 N–H and O–H groups in total. The Labute approximate surface area is 120 Å². The van der Waals surface area contributed by atoms with Crippen molar-refractivity contribution in [3.8, 4) is 5.75 Å². The molecule has 1 fully saturated rings. The number of rotatable bonds is 5. The van der Waals surface area contributed by atoms with Crippen LogP contribution in [0.2, 0.25) is 0 Å². The summed E-state index contributed by atoms with van der Waals surface area (Å²) in [5.41, 5.74) is 3.02. The molecule has 0 aromatic heterocycles. The number of para-hydroxylation sites is 1. The Hall–Kier alpha value is -1.80. The van der Waals surface area contributed by atoms with Crippen molar-refractivity contribution in [2.75, 3.05) is 19.7 Å². The lowest BCUT2D eigenvalue weighted by Crippen LogP contribution is -2.57. The summed E-state index contributed by atoms with van der Waals surface area (Å²) in [4.78, 5) is 0. The van der Waals surface area contributed by atoms with Crippen LogP contribution in [0.15, 0.2) is 54.6 Å². The average Bonchev–Trinajstić information content (AvgIpc) is 2.43. The van der Waals surface area contributed by atoms with Gasteiger partial charge < -0.3 is 10.1 Å². The first kappa shape index (κ1) is 13.2. The fourth-order valence-corrected chi connectivity index (χ4v) is 2.81. The van der Waals surface area contributed by atoms with Gasteiger partial charge in [-0.15, -0.1) is 0 Å². The fraction of sp³-hybridized carbons (Fsp3) is 0.333. The molecule has 0 amide bonds. The molecule has 1 aliphatic heterocycles. The van der Waals surface area contributed by atoms with E-state index in [1.165, 1.54) is 11.1 Å². The van der Waals surface area contributed by atoms with Gasteiger partial charge in [0.25, 0.3) is 0 Å². The van der Waals surface area contributed by atoms with E-state index in [1.54, 1.807) is 0 Å². The third-order valence-electron chi connectivity index (χ3n) is 4.15. The van der Waals surface area contributed by atoms with Crippen LogP contribution in [0.3, 0.4) is 0 Å². The second-order valence-electron chi connectivity index (χ2n) is 5.66. The summed E-state index contributed by atoms with van der Waals surface area (Å²) in [6.07, 6.45) is 1.05. The van der Waals surface area contributed by atoms with Crippen molar-refractivity contribution in [1.82, 2.24) is 5.32 Å². The zero-order valence-electron chi connectivity index (χ0n) is 11.9. The molecule has 0 spiro atoms. The number of hydrogen-bond donors (Lipinski definition) is 1. The summed E-state index contributed by atoms with van der Waals surface area (Å²) in [6, 6.07) is 18.9. The minimum Gasteiger partial charge on any atom is -0.494 e. The molecule has 0 saturated carbocycles. The summed E-state index contributed by atoms with van der Waals surface area (Å²) in [5, 5.41) is 3.41. The van der Waals surface area contributed by atoms with Gasteiger partial charge in [0.05, 0.1) is 6.61 Å². The van der Waals surface area contributed by atoms with Crippen molar-refractivity contribution in [3.63, 3.8) is 0 Å². The molecule has 2 aromatic rings. The van der Waals surface area contributed by atoms with Gasteiger partial charge in [0.15, 0.2) is 0 Å². The van der Waals surface area contributed by atoms with Crippen LogP contribution in [-0.4, -0.2) is 19.7 Å². The van der Waals surface area contributed by atoms with Gasteiger partial charge in [-0.25, -0.2) is 0 Å². The van der Waals surface area contributed by atoms with Crippen LogP contribution >= 0.6 is 0 Å². The second-order valence-corrected chi connectivity index (χ2v) is 5.66. The first-order valence-corrected chi connectivity index (χ1v) is 7.24. The Morgan fingerprint density at radius 1 is 1.05 bits per heavy atom. The molecule has 1 saturated heterocycles. The Balaban J connectivity index is 1.65. The van der Waals surface area contributed by atoms with Crippen molar-refractivity contribution in [3.05, 3.63) is 65.7 Å². The van der Waals surface area contributed by atoms with Crippen LogP contribution in [0.1, 0.15) is 17.5 Å². The lowest BCUT2D eigenvalue weighted by molar-refractivity contribution is 0.199. The summed E-state index contributed by atoms with van der Waals surface area (Å²) in [6.45, 7) is 5.02. The van der Waals surface area contributed by atoms with Crippen molar-refractivity contribution in [2.24, 2.45) is 0 Å².